The minimum Gasteiger partial charge on any atom is -0.396 e. The van der Waals surface area contributed by atoms with Crippen LogP contribution in [0.3, 0.4) is 0 Å². The van der Waals surface area contributed by atoms with E-state index in [4.69, 9.17) is 5.11 Å². The Morgan fingerprint density at radius 2 is 2.18 bits per heavy atom. The number of nitrogens with one attached hydrogen (secondary N) is 1. The van der Waals surface area contributed by atoms with Crippen LogP contribution in [0.2, 0.25) is 0 Å². The Morgan fingerprint density at radius 3 is 2.65 bits per heavy atom. The van der Waals surface area contributed by atoms with Crippen molar-refractivity contribution in [2.75, 3.05) is 11.9 Å². The lowest BCUT2D eigenvalue weighted by atomic mass is 10.1. The number of aryl methyl sites for hydroxylation is 1. The first-order valence-electron chi connectivity index (χ1n) is 5.45. The van der Waals surface area contributed by atoms with Crippen LogP contribution in [0.4, 0.5) is 11.5 Å². The molecule has 0 aliphatic rings. The second-order valence-corrected chi connectivity index (χ2v) is 4.15. The molecule has 0 fully saturated rings. The quantitative estimate of drug-likeness (QED) is 0.603. The van der Waals surface area contributed by atoms with Crippen LogP contribution in [0.5, 0.6) is 0 Å². The van der Waals surface area contributed by atoms with Crippen LogP contribution < -0.4 is 5.32 Å². The molecule has 0 saturated carbocycles. The molecule has 6 heteroatoms. The summed E-state index contributed by atoms with van der Waals surface area (Å²) in [6.07, 6.45) is 0. The standard InChI is InChI=1S/C11H17N3O3/c1-7(6-15)8(2)12-11-5-4-10(14(16)17)9(3)13-11/h4-5,7-8,15H,6H2,1-3H3,(H,12,13). The van der Waals surface area contributed by atoms with Gasteiger partial charge in [0.15, 0.2) is 0 Å². The summed E-state index contributed by atoms with van der Waals surface area (Å²) < 4.78 is 0. The fourth-order valence-corrected chi connectivity index (χ4v) is 1.36. The molecule has 2 N–H and O–H groups in total. The van der Waals surface area contributed by atoms with Crippen LogP contribution in [-0.4, -0.2) is 27.7 Å². The fraction of sp³-hybridized carbons (Fsp3) is 0.545. The van der Waals surface area contributed by atoms with Gasteiger partial charge in [-0.2, -0.15) is 0 Å². The van der Waals surface area contributed by atoms with Crippen molar-refractivity contribution in [1.82, 2.24) is 4.98 Å². The predicted molar refractivity (Wildman–Crippen MR) is 65.0 cm³/mol. The molecule has 2 unspecified atom stereocenters. The van der Waals surface area contributed by atoms with Crippen LogP contribution in [0.15, 0.2) is 12.1 Å². The van der Waals surface area contributed by atoms with Crippen molar-refractivity contribution in [1.29, 1.82) is 0 Å². The Kier molecular flexibility index (Phi) is 4.39. The summed E-state index contributed by atoms with van der Waals surface area (Å²) in [5.74, 6) is 0.674. The number of aromatic nitrogens is 1. The second kappa shape index (κ2) is 5.58. The lowest BCUT2D eigenvalue weighted by Gasteiger charge is -2.19. The normalized spacial score (nSPS) is 14.1. The van der Waals surface area contributed by atoms with Crippen molar-refractivity contribution >= 4 is 11.5 Å². The zero-order valence-electron chi connectivity index (χ0n) is 10.2. The Bertz CT molecular complexity index is 409. The maximum Gasteiger partial charge on any atom is 0.290 e. The van der Waals surface area contributed by atoms with Gasteiger partial charge < -0.3 is 10.4 Å². The number of aliphatic hydroxyl groups excluding tert-OH is 1. The third-order valence-electron chi connectivity index (χ3n) is 2.77. The third kappa shape index (κ3) is 3.39. The van der Waals surface area contributed by atoms with Gasteiger partial charge in [-0.05, 0) is 25.8 Å². The predicted octanol–water partition coefficient (Wildman–Crippen LogP) is 1.73. The molecule has 0 radical (unpaired) electrons. The van der Waals surface area contributed by atoms with E-state index in [9.17, 15) is 10.1 Å². The molecule has 1 heterocycles. The van der Waals surface area contributed by atoms with E-state index in [0.717, 1.165) is 0 Å². The molecule has 2 atom stereocenters. The van der Waals surface area contributed by atoms with E-state index in [2.05, 4.69) is 10.3 Å². The van der Waals surface area contributed by atoms with Crippen molar-refractivity contribution in [3.05, 3.63) is 27.9 Å². The monoisotopic (exact) mass is 239 g/mol. The summed E-state index contributed by atoms with van der Waals surface area (Å²) in [7, 11) is 0. The topological polar surface area (TPSA) is 88.3 Å². The Labute approximate surface area is 99.8 Å². The van der Waals surface area contributed by atoms with Gasteiger partial charge in [-0.3, -0.25) is 10.1 Å². The largest absolute Gasteiger partial charge is 0.396 e. The van der Waals surface area contributed by atoms with Gasteiger partial charge in [-0.25, -0.2) is 4.98 Å². The van der Waals surface area contributed by atoms with Crippen molar-refractivity contribution < 1.29 is 10.0 Å². The van der Waals surface area contributed by atoms with Gasteiger partial charge in [0, 0.05) is 18.7 Å². The number of nitro groups is 1. The number of hydrogen-bond acceptors (Lipinski definition) is 5. The van der Waals surface area contributed by atoms with Crippen molar-refractivity contribution in [3.8, 4) is 0 Å². The summed E-state index contributed by atoms with van der Waals surface area (Å²) in [6, 6.07) is 3.06. The minimum absolute atomic E-state index is 0.0124. The highest BCUT2D eigenvalue weighted by Crippen LogP contribution is 2.19. The van der Waals surface area contributed by atoms with E-state index < -0.39 is 4.92 Å². The van der Waals surface area contributed by atoms with E-state index in [1.165, 1.54) is 6.07 Å². The number of aliphatic hydroxyl groups is 1. The zero-order valence-corrected chi connectivity index (χ0v) is 10.2. The van der Waals surface area contributed by atoms with E-state index in [0.29, 0.717) is 11.5 Å². The molecule has 94 valence electrons. The van der Waals surface area contributed by atoms with Gasteiger partial charge in [0.25, 0.3) is 5.69 Å². The molecule has 0 bridgehead atoms. The van der Waals surface area contributed by atoms with Crippen LogP contribution >= 0.6 is 0 Å². The highest BCUT2D eigenvalue weighted by atomic mass is 16.6. The number of rotatable bonds is 5. The van der Waals surface area contributed by atoms with Crippen LogP contribution in [-0.2, 0) is 0 Å². The van der Waals surface area contributed by atoms with Crippen molar-refractivity contribution in [3.63, 3.8) is 0 Å². The summed E-state index contributed by atoms with van der Waals surface area (Å²) in [5.41, 5.74) is 0.391. The molecule has 0 amide bonds. The summed E-state index contributed by atoms with van der Waals surface area (Å²) in [4.78, 5) is 14.3. The first kappa shape index (κ1) is 13.4. The SMILES string of the molecule is Cc1nc(NC(C)C(C)CO)ccc1[N+](=O)[O-]. The van der Waals surface area contributed by atoms with E-state index in [-0.39, 0.29) is 24.3 Å². The third-order valence-corrected chi connectivity index (χ3v) is 2.77. The molecule has 0 aromatic carbocycles. The molecular weight excluding hydrogens is 222 g/mol. The van der Waals surface area contributed by atoms with Gasteiger partial charge in [0.05, 0.1) is 4.92 Å². The maximum absolute atomic E-state index is 10.6. The first-order valence-corrected chi connectivity index (χ1v) is 5.45. The minimum atomic E-state index is -0.452. The molecular formula is C11H17N3O3. The summed E-state index contributed by atoms with van der Waals surface area (Å²) >= 11 is 0. The first-order chi connectivity index (χ1) is 7.95. The molecule has 0 saturated heterocycles. The average molecular weight is 239 g/mol. The number of nitrogens with zero attached hydrogens (tertiary/aromatic N) is 2. The highest BCUT2D eigenvalue weighted by Gasteiger charge is 2.14. The maximum atomic E-state index is 10.6. The van der Waals surface area contributed by atoms with E-state index in [1.54, 1.807) is 13.0 Å². The van der Waals surface area contributed by atoms with Crippen molar-refractivity contribution in [2.24, 2.45) is 5.92 Å². The number of anilines is 1. The molecule has 1 aromatic heterocycles. The fourth-order valence-electron chi connectivity index (χ4n) is 1.36. The Morgan fingerprint density at radius 1 is 1.53 bits per heavy atom. The van der Waals surface area contributed by atoms with Crippen LogP contribution in [0.1, 0.15) is 19.5 Å². The molecule has 0 aliphatic heterocycles. The van der Waals surface area contributed by atoms with Crippen LogP contribution in [0.25, 0.3) is 0 Å². The smallest absolute Gasteiger partial charge is 0.290 e. The summed E-state index contributed by atoms with van der Waals surface area (Å²) in [5, 5.41) is 22.7. The van der Waals surface area contributed by atoms with Gasteiger partial charge in [-0.1, -0.05) is 6.92 Å². The lowest BCUT2D eigenvalue weighted by Crippen LogP contribution is -2.26. The molecule has 1 aromatic rings. The van der Waals surface area contributed by atoms with Crippen molar-refractivity contribution in [2.45, 2.75) is 26.8 Å². The Balaban J connectivity index is 2.81. The summed E-state index contributed by atoms with van der Waals surface area (Å²) in [6.45, 7) is 5.53. The lowest BCUT2D eigenvalue weighted by molar-refractivity contribution is -0.385. The highest BCUT2D eigenvalue weighted by molar-refractivity contribution is 5.45. The Hall–Kier alpha value is -1.69. The van der Waals surface area contributed by atoms with Gasteiger partial charge >= 0.3 is 0 Å². The molecule has 6 nitrogen and oxygen atoms in total. The van der Waals surface area contributed by atoms with Gasteiger partial charge in [0.1, 0.15) is 11.5 Å². The number of hydrogen-bond donors (Lipinski definition) is 2. The molecule has 1 rings (SSSR count). The zero-order chi connectivity index (χ0) is 13.0. The van der Waals surface area contributed by atoms with Gasteiger partial charge in [0.2, 0.25) is 0 Å². The number of pyridine rings is 1. The molecule has 17 heavy (non-hydrogen) atoms. The molecule has 0 spiro atoms. The molecule has 0 aliphatic carbocycles. The van der Waals surface area contributed by atoms with E-state index >= 15 is 0 Å². The van der Waals surface area contributed by atoms with Gasteiger partial charge in [-0.15, -0.1) is 0 Å². The van der Waals surface area contributed by atoms with Crippen LogP contribution in [0, 0.1) is 23.0 Å². The average Bonchev–Trinajstić information content (AvgIpc) is 2.27. The second-order valence-electron chi connectivity index (χ2n) is 4.15. The van der Waals surface area contributed by atoms with E-state index in [1.807, 2.05) is 13.8 Å².